The summed E-state index contributed by atoms with van der Waals surface area (Å²) in [5, 5.41) is 11.9. The molecule has 0 saturated heterocycles. The molecule has 9 nitrogen and oxygen atoms in total. The molecule has 37 heavy (non-hydrogen) atoms. The van der Waals surface area contributed by atoms with Crippen molar-refractivity contribution in [1.29, 1.82) is 0 Å². The number of nitrogens with one attached hydrogen (secondary N) is 1. The third-order valence-electron chi connectivity index (χ3n) is 5.97. The fraction of sp³-hybridized carbons (Fsp3) is 0.348. The topological polar surface area (TPSA) is 121 Å². The van der Waals surface area contributed by atoms with Gasteiger partial charge in [0.2, 0.25) is 5.91 Å². The molecule has 0 spiro atoms. The number of anilines is 1. The summed E-state index contributed by atoms with van der Waals surface area (Å²) in [6, 6.07) is 0.0290. The lowest BCUT2D eigenvalue weighted by Crippen LogP contribution is -2.26. The number of fused-ring (bicyclic) bond motifs is 1. The molecule has 4 heterocycles. The van der Waals surface area contributed by atoms with Gasteiger partial charge in [0.05, 0.1) is 27.8 Å². The van der Waals surface area contributed by atoms with Crippen LogP contribution in [0.15, 0.2) is 12.3 Å². The van der Waals surface area contributed by atoms with Crippen molar-refractivity contribution in [3.05, 3.63) is 44.9 Å². The summed E-state index contributed by atoms with van der Waals surface area (Å²) in [6.07, 6.45) is -3.14. The lowest BCUT2D eigenvalue weighted by atomic mass is 10.0. The molecule has 14 heteroatoms. The van der Waals surface area contributed by atoms with Gasteiger partial charge in [0, 0.05) is 23.7 Å². The van der Waals surface area contributed by atoms with Crippen molar-refractivity contribution in [1.82, 2.24) is 24.5 Å². The maximum absolute atomic E-state index is 13.8. The molecule has 1 atom stereocenters. The molecule has 2 amide bonds. The van der Waals surface area contributed by atoms with Crippen LogP contribution in [-0.4, -0.2) is 36.4 Å². The molecule has 196 valence electrons. The standard InChI is InChI=1S/C23H23ClF3N7O2S/c1-6-33-8-14(9(2)31-33)13-7-15(23(25,26)27)29-22-16(13)18(19(37-22)20(28)35)30-21(36)12(5)34-11(4)17(24)10(3)32-34/h7-8,12H,6H2,1-5H3,(H2,28,35)(H,30,36). The summed E-state index contributed by atoms with van der Waals surface area (Å²) >= 11 is 6.90. The van der Waals surface area contributed by atoms with Crippen LogP contribution in [0.3, 0.4) is 0 Å². The van der Waals surface area contributed by atoms with E-state index in [0.717, 1.165) is 6.07 Å². The minimum Gasteiger partial charge on any atom is -0.365 e. The van der Waals surface area contributed by atoms with Gasteiger partial charge in [0.15, 0.2) is 0 Å². The van der Waals surface area contributed by atoms with Crippen molar-refractivity contribution in [2.45, 2.75) is 53.4 Å². The van der Waals surface area contributed by atoms with Crippen LogP contribution in [0, 0.1) is 20.8 Å². The summed E-state index contributed by atoms with van der Waals surface area (Å²) < 4.78 is 44.3. The Morgan fingerprint density at radius 3 is 2.38 bits per heavy atom. The number of rotatable bonds is 6. The molecule has 0 bridgehead atoms. The maximum Gasteiger partial charge on any atom is 0.433 e. The van der Waals surface area contributed by atoms with Gasteiger partial charge in [-0.3, -0.25) is 19.0 Å². The molecular weight excluding hydrogens is 531 g/mol. The van der Waals surface area contributed by atoms with Crippen molar-refractivity contribution >= 4 is 50.7 Å². The van der Waals surface area contributed by atoms with Crippen molar-refractivity contribution in [3.63, 3.8) is 0 Å². The maximum atomic E-state index is 13.8. The highest BCUT2D eigenvalue weighted by atomic mass is 35.5. The Morgan fingerprint density at radius 1 is 1.19 bits per heavy atom. The first-order valence-electron chi connectivity index (χ1n) is 11.2. The van der Waals surface area contributed by atoms with E-state index in [-0.39, 0.29) is 26.3 Å². The van der Waals surface area contributed by atoms with E-state index in [1.54, 1.807) is 38.6 Å². The molecule has 0 aliphatic carbocycles. The van der Waals surface area contributed by atoms with E-state index in [1.807, 2.05) is 6.92 Å². The van der Waals surface area contributed by atoms with E-state index in [0.29, 0.717) is 45.5 Å². The lowest BCUT2D eigenvalue weighted by Gasteiger charge is -2.16. The molecule has 4 aromatic rings. The number of hydrogen-bond donors (Lipinski definition) is 2. The second-order valence-corrected chi connectivity index (χ2v) is 9.86. The van der Waals surface area contributed by atoms with E-state index >= 15 is 0 Å². The second-order valence-electron chi connectivity index (χ2n) is 8.48. The van der Waals surface area contributed by atoms with Crippen LogP contribution in [0.4, 0.5) is 18.9 Å². The highest BCUT2D eigenvalue weighted by Gasteiger charge is 2.36. The number of halogens is 4. The SMILES string of the molecule is CCn1cc(-c2cc(C(F)(F)F)nc3sc(C(N)=O)c(NC(=O)C(C)n4nc(C)c(Cl)c4C)c23)c(C)n1. The number of alkyl halides is 3. The number of nitrogens with zero attached hydrogens (tertiary/aromatic N) is 5. The molecule has 0 aliphatic heterocycles. The highest BCUT2D eigenvalue weighted by Crippen LogP contribution is 2.44. The third-order valence-corrected chi connectivity index (χ3v) is 7.61. The Balaban J connectivity index is 1.94. The molecule has 0 saturated carbocycles. The number of aryl methyl sites for hydroxylation is 3. The summed E-state index contributed by atoms with van der Waals surface area (Å²) in [7, 11) is 0. The summed E-state index contributed by atoms with van der Waals surface area (Å²) in [5.41, 5.74) is 6.51. The summed E-state index contributed by atoms with van der Waals surface area (Å²) in [5.74, 6) is -1.49. The van der Waals surface area contributed by atoms with Gasteiger partial charge in [-0.05, 0) is 46.2 Å². The second kappa shape index (κ2) is 9.45. The van der Waals surface area contributed by atoms with Gasteiger partial charge in [-0.2, -0.15) is 23.4 Å². The minimum absolute atomic E-state index is 0.0168. The third kappa shape index (κ3) is 4.68. The number of thiophene rings is 1. The Hall–Kier alpha value is -3.45. The van der Waals surface area contributed by atoms with E-state index in [4.69, 9.17) is 17.3 Å². The van der Waals surface area contributed by atoms with E-state index in [9.17, 15) is 22.8 Å². The number of primary amides is 1. The van der Waals surface area contributed by atoms with E-state index < -0.39 is 29.7 Å². The van der Waals surface area contributed by atoms with Crippen molar-refractivity contribution in [2.75, 3.05) is 5.32 Å². The van der Waals surface area contributed by atoms with E-state index in [2.05, 4.69) is 20.5 Å². The first-order valence-corrected chi connectivity index (χ1v) is 12.3. The molecular formula is C23H23ClF3N7O2S. The number of carbonyl (C=O) groups excluding carboxylic acids is 2. The van der Waals surface area contributed by atoms with Gasteiger partial charge in [-0.15, -0.1) is 11.3 Å². The monoisotopic (exact) mass is 553 g/mol. The Morgan fingerprint density at radius 2 is 1.86 bits per heavy atom. The average molecular weight is 554 g/mol. The zero-order valence-corrected chi connectivity index (χ0v) is 22.1. The number of carbonyl (C=O) groups is 2. The number of aromatic nitrogens is 5. The van der Waals surface area contributed by atoms with Crippen LogP contribution in [0.25, 0.3) is 21.3 Å². The largest absolute Gasteiger partial charge is 0.433 e. The van der Waals surface area contributed by atoms with Gasteiger partial charge in [-0.1, -0.05) is 11.6 Å². The summed E-state index contributed by atoms with van der Waals surface area (Å²) in [4.78, 5) is 29.2. The molecule has 0 fully saturated rings. The van der Waals surface area contributed by atoms with Gasteiger partial charge >= 0.3 is 6.18 Å². The van der Waals surface area contributed by atoms with Crippen LogP contribution < -0.4 is 11.1 Å². The van der Waals surface area contributed by atoms with Crippen LogP contribution >= 0.6 is 22.9 Å². The van der Waals surface area contributed by atoms with Crippen molar-refractivity contribution < 1.29 is 22.8 Å². The fourth-order valence-electron chi connectivity index (χ4n) is 4.05. The van der Waals surface area contributed by atoms with Gasteiger partial charge in [-0.25, -0.2) is 4.98 Å². The zero-order valence-electron chi connectivity index (χ0n) is 20.5. The molecule has 3 N–H and O–H groups in total. The van der Waals surface area contributed by atoms with Crippen LogP contribution in [0.2, 0.25) is 5.02 Å². The predicted octanol–water partition coefficient (Wildman–Crippen LogP) is 5.27. The predicted molar refractivity (Wildman–Crippen MR) is 135 cm³/mol. The quantitative estimate of drug-likeness (QED) is 0.337. The Bertz CT molecular complexity index is 1550. The van der Waals surface area contributed by atoms with Gasteiger partial charge in [0.1, 0.15) is 21.4 Å². The first-order chi connectivity index (χ1) is 17.2. The number of amides is 2. The first kappa shape index (κ1) is 26.6. The fourth-order valence-corrected chi connectivity index (χ4v) is 5.18. The van der Waals surface area contributed by atoms with Crippen LogP contribution in [-0.2, 0) is 17.5 Å². The van der Waals surface area contributed by atoms with Crippen LogP contribution in [0.1, 0.15) is 52.3 Å². The Labute approximate surface area is 218 Å². The molecule has 4 aromatic heterocycles. The van der Waals surface area contributed by atoms with Crippen molar-refractivity contribution in [3.8, 4) is 11.1 Å². The zero-order chi connectivity index (χ0) is 27.4. The molecule has 4 rings (SSSR count). The lowest BCUT2D eigenvalue weighted by molar-refractivity contribution is -0.140. The smallest absolute Gasteiger partial charge is 0.365 e. The molecule has 1 unspecified atom stereocenters. The number of hydrogen-bond acceptors (Lipinski definition) is 6. The van der Waals surface area contributed by atoms with Crippen molar-refractivity contribution in [2.24, 2.45) is 5.73 Å². The molecule has 0 radical (unpaired) electrons. The Kier molecular flexibility index (Phi) is 6.80. The number of pyridine rings is 1. The molecule has 0 aliphatic rings. The number of nitrogens with two attached hydrogens (primary N) is 1. The highest BCUT2D eigenvalue weighted by molar-refractivity contribution is 7.21. The van der Waals surface area contributed by atoms with Crippen LogP contribution in [0.5, 0.6) is 0 Å². The molecule has 0 aromatic carbocycles. The van der Waals surface area contributed by atoms with Gasteiger partial charge < -0.3 is 11.1 Å². The normalized spacial score (nSPS) is 12.8. The van der Waals surface area contributed by atoms with Gasteiger partial charge in [0.25, 0.3) is 5.91 Å². The minimum atomic E-state index is -4.75. The average Bonchev–Trinajstić information content (AvgIpc) is 3.47. The van der Waals surface area contributed by atoms with E-state index in [1.165, 1.54) is 4.68 Å². The summed E-state index contributed by atoms with van der Waals surface area (Å²) in [6.45, 7) is 8.98.